The van der Waals surface area contributed by atoms with Crippen molar-refractivity contribution in [3.8, 4) is 0 Å². The number of hydrogen-bond donors (Lipinski definition) is 3. The van der Waals surface area contributed by atoms with Gasteiger partial charge in [-0.1, -0.05) is 346 Å². The molecule has 77 heavy (non-hydrogen) atoms. The number of rotatable bonds is 66. The highest BCUT2D eigenvalue weighted by Gasteiger charge is 2.18. The smallest absolute Gasteiger partial charge is 0.305 e. The first-order valence-corrected chi connectivity index (χ1v) is 35.1. The predicted molar refractivity (Wildman–Crippen MR) is 338 cm³/mol. The SMILES string of the molecule is CCCCCCCCCCCCCCCCCCCC/C=C/C(O)C(CO)NC(=O)CCCCCCCCC/C=C\CCCCCCCCCCCCOC(=O)CCCCCCCCCCCCCCCCCCCCC. The van der Waals surface area contributed by atoms with Gasteiger partial charge in [0.25, 0.3) is 0 Å². The van der Waals surface area contributed by atoms with Gasteiger partial charge in [0.15, 0.2) is 0 Å². The molecule has 0 aromatic rings. The Morgan fingerprint density at radius 1 is 0.351 bits per heavy atom. The van der Waals surface area contributed by atoms with E-state index in [1.807, 2.05) is 6.08 Å². The maximum atomic E-state index is 12.5. The van der Waals surface area contributed by atoms with Crippen molar-refractivity contribution in [1.29, 1.82) is 0 Å². The van der Waals surface area contributed by atoms with Gasteiger partial charge in [-0.2, -0.15) is 0 Å². The lowest BCUT2D eigenvalue weighted by Crippen LogP contribution is -2.45. The Morgan fingerprint density at radius 3 is 0.922 bits per heavy atom. The second-order valence-corrected chi connectivity index (χ2v) is 24.2. The van der Waals surface area contributed by atoms with Crippen LogP contribution in [0.2, 0.25) is 0 Å². The summed E-state index contributed by atoms with van der Waals surface area (Å²) >= 11 is 0. The Hall–Kier alpha value is -1.66. The molecular weight excluding hydrogens is 947 g/mol. The van der Waals surface area contributed by atoms with Gasteiger partial charge < -0.3 is 20.3 Å². The molecule has 2 unspecified atom stereocenters. The van der Waals surface area contributed by atoms with Crippen LogP contribution in [0.1, 0.15) is 393 Å². The molecule has 0 radical (unpaired) electrons. The fourth-order valence-corrected chi connectivity index (χ4v) is 11.1. The minimum absolute atomic E-state index is 0.0132. The minimum atomic E-state index is -0.850. The van der Waals surface area contributed by atoms with Crippen molar-refractivity contribution in [2.45, 2.75) is 405 Å². The van der Waals surface area contributed by atoms with E-state index in [0.717, 1.165) is 44.9 Å². The number of unbranched alkanes of at least 4 members (excludes halogenated alkanes) is 53. The summed E-state index contributed by atoms with van der Waals surface area (Å²) < 4.78 is 5.51. The third-order valence-electron chi connectivity index (χ3n) is 16.5. The highest BCUT2D eigenvalue weighted by Crippen LogP contribution is 2.19. The van der Waals surface area contributed by atoms with Crippen molar-refractivity contribution >= 4 is 11.9 Å². The van der Waals surface area contributed by atoms with Gasteiger partial charge in [0.1, 0.15) is 0 Å². The van der Waals surface area contributed by atoms with Gasteiger partial charge in [-0.25, -0.2) is 0 Å². The highest BCUT2D eigenvalue weighted by molar-refractivity contribution is 5.76. The predicted octanol–water partition coefficient (Wildman–Crippen LogP) is 22.5. The fourth-order valence-electron chi connectivity index (χ4n) is 11.1. The van der Waals surface area contributed by atoms with E-state index in [4.69, 9.17) is 4.74 Å². The minimum Gasteiger partial charge on any atom is -0.466 e. The molecule has 0 spiro atoms. The van der Waals surface area contributed by atoms with E-state index in [1.165, 1.54) is 321 Å². The third-order valence-corrected chi connectivity index (χ3v) is 16.5. The van der Waals surface area contributed by atoms with Gasteiger partial charge in [0.05, 0.1) is 25.4 Å². The number of carbonyl (C=O) groups excluding carboxylic acids is 2. The van der Waals surface area contributed by atoms with Gasteiger partial charge in [-0.3, -0.25) is 9.59 Å². The van der Waals surface area contributed by atoms with Crippen LogP contribution in [0.5, 0.6) is 0 Å². The van der Waals surface area contributed by atoms with Crippen molar-refractivity contribution in [1.82, 2.24) is 5.32 Å². The van der Waals surface area contributed by atoms with Crippen LogP contribution in [-0.4, -0.2) is 47.4 Å². The number of aliphatic hydroxyl groups is 2. The Morgan fingerprint density at radius 2 is 0.610 bits per heavy atom. The topological polar surface area (TPSA) is 95.9 Å². The molecule has 0 saturated carbocycles. The van der Waals surface area contributed by atoms with Crippen molar-refractivity contribution < 1.29 is 24.5 Å². The van der Waals surface area contributed by atoms with Gasteiger partial charge in [-0.15, -0.1) is 0 Å². The average Bonchev–Trinajstić information content (AvgIpc) is 3.43. The average molecular weight is 1080 g/mol. The lowest BCUT2D eigenvalue weighted by molar-refractivity contribution is -0.143. The first kappa shape index (κ1) is 75.3. The molecule has 0 fully saturated rings. The maximum absolute atomic E-state index is 12.5. The molecule has 0 aliphatic heterocycles. The second kappa shape index (κ2) is 66.8. The van der Waals surface area contributed by atoms with Crippen LogP contribution in [0.15, 0.2) is 24.3 Å². The van der Waals surface area contributed by atoms with Gasteiger partial charge in [-0.05, 0) is 57.8 Å². The Labute approximate surface area is 481 Å². The third kappa shape index (κ3) is 63.4. The number of allylic oxidation sites excluding steroid dienone is 3. The van der Waals surface area contributed by atoms with Crippen LogP contribution in [-0.2, 0) is 14.3 Å². The molecule has 0 aromatic carbocycles. The number of nitrogens with one attached hydrogen (secondary N) is 1. The summed E-state index contributed by atoms with van der Waals surface area (Å²) in [6.07, 6.45) is 83.9. The quantitative estimate of drug-likeness (QED) is 0.0320. The van der Waals surface area contributed by atoms with E-state index in [0.29, 0.717) is 19.4 Å². The summed E-state index contributed by atoms with van der Waals surface area (Å²) in [5, 5.41) is 23.2. The van der Waals surface area contributed by atoms with Crippen molar-refractivity contribution in [3.05, 3.63) is 24.3 Å². The molecular formula is C71H137NO5. The fraction of sp³-hybridized carbons (Fsp3) is 0.915. The number of amides is 1. The highest BCUT2D eigenvalue weighted by atomic mass is 16.5. The molecule has 0 aliphatic rings. The zero-order valence-electron chi connectivity index (χ0n) is 52.2. The van der Waals surface area contributed by atoms with Crippen molar-refractivity contribution in [2.24, 2.45) is 0 Å². The van der Waals surface area contributed by atoms with Crippen molar-refractivity contribution in [2.75, 3.05) is 13.2 Å². The molecule has 1 amide bonds. The number of ether oxygens (including phenoxy) is 1. The number of hydrogen-bond acceptors (Lipinski definition) is 5. The number of aliphatic hydroxyl groups excluding tert-OH is 2. The Bertz CT molecular complexity index is 1200. The summed E-state index contributed by atoms with van der Waals surface area (Å²) in [5.74, 6) is -0.0588. The maximum Gasteiger partial charge on any atom is 0.305 e. The molecule has 0 aromatic heterocycles. The van der Waals surface area contributed by atoms with Crippen LogP contribution < -0.4 is 5.32 Å². The molecule has 6 nitrogen and oxygen atoms in total. The zero-order chi connectivity index (χ0) is 55.7. The molecule has 456 valence electrons. The monoisotopic (exact) mass is 1080 g/mol. The lowest BCUT2D eigenvalue weighted by atomic mass is 10.0. The van der Waals surface area contributed by atoms with Crippen LogP contribution in [0, 0.1) is 0 Å². The molecule has 3 N–H and O–H groups in total. The van der Waals surface area contributed by atoms with Crippen LogP contribution in [0.25, 0.3) is 0 Å². The van der Waals surface area contributed by atoms with E-state index in [1.54, 1.807) is 6.08 Å². The normalized spacial score (nSPS) is 12.6. The first-order chi connectivity index (χ1) is 38.0. The van der Waals surface area contributed by atoms with E-state index in [9.17, 15) is 19.8 Å². The molecule has 6 heteroatoms. The van der Waals surface area contributed by atoms with Crippen molar-refractivity contribution in [3.63, 3.8) is 0 Å². The van der Waals surface area contributed by atoms with Gasteiger partial charge in [0.2, 0.25) is 5.91 Å². The zero-order valence-corrected chi connectivity index (χ0v) is 52.2. The summed E-state index contributed by atoms with van der Waals surface area (Å²) in [6, 6.07) is -0.634. The van der Waals surface area contributed by atoms with E-state index in [-0.39, 0.29) is 18.5 Å². The van der Waals surface area contributed by atoms with E-state index >= 15 is 0 Å². The summed E-state index contributed by atoms with van der Waals surface area (Å²) in [7, 11) is 0. The number of carbonyl (C=O) groups is 2. The lowest BCUT2D eigenvalue weighted by Gasteiger charge is -2.20. The van der Waals surface area contributed by atoms with E-state index in [2.05, 4.69) is 31.3 Å². The van der Waals surface area contributed by atoms with Crippen LogP contribution in [0.3, 0.4) is 0 Å². The summed E-state index contributed by atoms with van der Waals surface area (Å²) in [4.78, 5) is 24.6. The standard InChI is InChI=1S/C71H137NO5/c1-3-5-7-9-11-13-15-17-19-21-23-28-31-35-39-43-47-51-55-59-63-69(74)68(67-73)72-70(75)64-60-56-52-48-44-40-36-32-29-25-24-26-30-34-38-42-46-50-54-58-62-66-77-71(76)65-61-57-53-49-45-41-37-33-27-22-20-18-16-14-12-10-8-6-4-2/h25,29,59,63,68-69,73-74H,3-24,26-28,30-58,60-62,64-67H2,1-2H3,(H,72,75)/b29-25-,63-59+. The van der Waals surface area contributed by atoms with Crippen LogP contribution in [0.4, 0.5) is 0 Å². The molecule has 2 atom stereocenters. The van der Waals surface area contributed by atoms with Gasteiger partial charge in [0, 0.05) is 12.8 Å². The molecule has 0 saturated heterocycles. The Balaban J connectivity index is 3.42. The molecule has 0 heterocycles. The Kier molecular flexibility index (Phi) is 65.4. The van der Waals surface area contributed by atoms with Gasteiger partial charge >= 0.3 is 5.97 Å². The molecule has 0 aliphatic carbocycles. The second-order valence-electron chi connectivity index (χ2n) is 24.2. The summed E-state index contributed by atoms with van der Waals surface area (Å²) in [6.45, 7) is 4.94. The van der Waals surface area contributed by atoms with E-state index < -0.39 is 12.1 Å². The largest absolute Gasteiger partial charge is 0.466 e. The number of esters is 1. The molecule has 0 rings (SSSR count). The molecule has 0 bridgehead atoms. The summed E-state index contributed by atoms with van der Waals surface area (Å²) in [5.41, 5.74) is 0. The first-order valence-electron chi connectivity index (χ1n) is 35.1. The van der Waals surface area contributed by atoms with Crippen LogP contribution >= 0.6 is 0 Å².